The highest BCUT2D eigenvalue weighted by Crippen LogP contribution is 2.23. The standard InChI is InChI=1S/C22H28N2O5/c1-6-29-22(27)19-14(2)18(15(3)23-19)20(25)16(4)24(12-13-28-5)21(26)17-10-8-7-9-11-17/h7-11,16,23H,6,12-13H2,1-5H3/t16-/m1/s1. The van der Waals surface area contributed by atoms with Crippen LogP contribution in [0, 0.1) is 13.8 Å². The Morgan fingerprint density at radius 2 is 1.79 bits per heavy atom. The Morgan fingerprint density at radius 1 is 1.14 bits per heavy atom. The number of hydrogen-bond donors (Lipinski definition) is 1. The van der Waals surface area contributed by atoms with Crippen LogP contribution in [0.2, 0.25) is 0 Å². The topological polar surface area (TPSA) is 88.7 Å². The number of methoxy groups -OCH3 is 1. The molecular weight excluding hydrogens is 372 g/mol. The van der Waals surface area contributed by atoms with Crippen molar-refractivity contribution in [1.29, 1.82) is 0 Å². The Balaban J connectivity index is 2.36. The van der Waals surface area contributed by atoms with Crippen molar-refractivity contribution in [3.05, 3.63) is 58.4 Å². The molecule has 0 saturated heterocycles. The van der Waals surface area contributed by atoms with Gasteiger partial charge in [-0.3, -0.25) is 9.59 Å². The SMILES string of the molecule is CCOC(=O)c1[nH]c(C)c(C(=O)[C@@H](C)N(CCOC)C(=O)c2ccccc2)c1C. The van der Waals surface area contributed by atoms with Gasteiger partial charge in [0.05, 0.1) is 19.3 Å². The van der Waals surface area contributed by atoms with Crippen molar-refractivity contribution in [2.75, 3.05) is 26.9 Å². The molecule has 0 fully saturated rings. The number of H-pyrrole nitrogens is 1. The molecule has 0 aliphatic carbocycles. The Morgan fingerprint density at radius 3 is 2.38 bits per heavy atom. The van der Waals surface area contributed by atoms with Crippen LogP contribution >= 0.6 is 0 Å². The Kier molecular flexibility index (Phi) is 7.73. The summed E-state index contributed by atoms with van der Waals surface area (Å²) in [7, 11) is 1.55. The summed E-state index contributed by atoms with van der Waals surface area (Å²) in [4.78, 5) is 42.9. The van der Waals surface area contributed by atoms with Gasteiger partial charge in [0.2, 0.25) is 0 Å². The van der Waals surface area contributed by atoms with E-state index in [4.69, 9.17) is 9.47 Å². The largest absolute Gasteiger partial charge is 0.461 e. The second-order valence-electron chi connectivity index (χ2n) is 6.74. The van der Waals surface area contributed by atoms with E-state index in [2.05, 4.69) is 4.98 Å². The van der Waals surface area contributed by atoms with E-state index in [-0.39, 0.29) is 30.5 Å². The summed E-state index contributed by atoms with van der Waals surface area (Å²) in [5, 5.41) is 0. The molecule has 7 heteroatoms. The van der Waals surface area contributed by atoms with Crippen molar-refractivity contribution < 1.29 is 23.9 Å². The van der Waals surface area contributed by atoms with Gasteiger partial charge in [0.25, 0.3) is 5.91 Å². The fourth-order valence-corrected chi connectivity index (χ4v) is 3.28. The van der Waals surface area contributed by atoms with Crippen molar-refractivity contribution in [2.24, 2.45) is 0 Å². The first-order valence-electron chi connectivity index (χ1n) is 9.58. The van der Waals surface area contributed by atoms with Crippen LogP contribution in [0.25, 0.3) is 0 Å². The van der Waals surface area contributed by atoms with Crippen LogP contribution < -0.4 is 0 Å². The number of nitrogens with one attached hydrogen (secondary N) is 1. The second kappa shape index (κ2) is 10.0. The molecular formula is C22H28N2O5. The molecule has 1 aromatic heterocycles. The quantitative estimate of drug-likeness (QED) is 0.516. The number of ketones is 1. The maximum absolute atomic E-state index is 13.3. The minimum Gasteiger partial charge on any atom is -0.461 e. The van der Waals surface area contributed by atoms with Gasteiger partial charge in [-0.25, -0.2) is 4.79 Å². The first-order chi connectivity index (χ1) is 13.8. The van der Waals surface area contributed by atoms with E-state index in [1.807, 2.05) is 6.07 Å². The summed E-state index contributed by atoms with van der Waals surface area (Å²) in [5.74, 6) is -0.997. The van der Waals surface area contributed by atoms with E-state index >= 15 is 0 Å². The number of aromatic amines is 1. The zero-order valence-corrected chi connectivity index (χ0v) is 17.6. The monoisotopic (exact) mass is 400 g/mol. The van der Waals surface area contributed by atoms with Gasteiger partial charge in [0.15, 0.2) is 5.78 Å². The maximum Gasteiger partial charge on any atom is 0.355 e. The molecule has 0 bridgehead atoms. The molecule has 29 heavy (non-hydrogen) atoms. The number of Topliss-reactive ketones (excluding diaryl/α,β-unsaturated/α-hetero) is 1. The number of carbonyl (C=O) groups is 3. The third-order valence-corrected chi connectivity index (χ3v) is 4.83. The number of nitrogens with zero attached hydrogens (tertiary/aromatic N) is 1. The van der Waals surface area contributed by atoms with Gasteiger partial charge in [0.1, 0.15) is 5.69 Å². The summed E-state index contributed by atoms with van der Waals surface area (Å²) in [5.41, 5.74) is 2.26. The first kappa shape index (κ1) is 22.4. The molecule has 0 spiro atoms. The van der Waals surface area contributed by atoms with E-state index in [9.17, 15) is 14.4 Å². The number of benzene rings is 1. The zero-order chi connectivity index (χ0) is 21.6. The summed E-state index contributed by atoms with van der Waals surface area (Å²) in [6.45, 7) is 7.66. The molecule has 0 saturated carbocycles. The summed E-state index contributed by atoms with van der Waals surface area (Å²) in [6, 6.07) is 8.08. The fourth-order valence-electron chi connectivity index (χ4n) is 3.28. The molecule has 2 rings (SSSR count). The van der Waals surface area contributed by atoms with Gasteiger partial charge in [-0.05, 0) is 45.4 Å². The van der Waals surface area contributed by atoms with Crippen molar-refractivity contribution in [2.45, 2.75) is 33.7 Å². The molecule has 0 unspecified atom stereocenters. The third-order valence-electron chi connectivity index (χ3n) is 4.83. The van der Waals surface area contributed by atoms with Gasteiger partial charge in [-0.15, -0.1) is 0 Å². The average molecular weight is 400 g/mol. The minimum atomic E-state index is -0.735. The number of amides is 1. The minimum absolute atomic E-state index is 0.242. The zero-order valence-electron chi connectivity index (χ0n) is 17.6. The smallest absolute Gasteiger partial charge is 0.355 e. The molecule has 156 valence electrons. The molecule has 0 aliphatic heterocycles. The third kappa shape index (κ3) is 4.92. The second-order valence-corrected chi connectivity index (χ2v) is 6.74. The van der Waals surface area contributed by atoms with Crippen molar-refractivity contribution in [3.8, 4) is 0 Å². The molecule has 0 aliphatic rings. The Labute approximate surface area is 171 Å². The highest BCUT2D eigenvalue weighted by Gasteiger charge is 2.31. The lowest BCUT2D eigenvalue weighted by molar-refractivity contribution is 0.0518. The number of aryl methyl sites for hydroxylation is 1. The van der Waals surface area contributed by atoms with E-state index in [1.54, 1.807) is 59.1 Å². The lowest BCUT2D eigenvalue weighted by Crippen LogP contribution is -2.45. The van der Waals surface area contributed by atoms with Crippen LogP contribution in [0.4, 0.5) is 0 Å². The number of carbonyl (C=O) groups excluding carboxylic acids is 3. The van der Waals surface area contributed by atoms with E-state index in [1.165, 1.54) is 4.90 Å². The highest BCUT2D eigenvalue weighted by molar-refractivity contribution is 6.07. The van der Waals surface area contributed by atoms with Gasteiger partial charge < -0.3 is 19.4 Å². The number of aromatic nitrogens is 1. The molecule has 7 nitrogen and oxygen atoms in total. The van der Waals surface area contributed by atoms with Crippen LogP contribution in [0.1, 0.15) is 56.3 Å². The van der Waals surface area contributed by atoms with E-state index in [0.29, 0.717) is 29.0 Å². The van der Waals surface area contributed by atoms with Crippen molar-refractivity contribution in [3.63, 3.8) is 0 Å². The number of esters is 1. The van der Waals surface area contributed by atoms with Crippen LogP contribution in [0.15, 0.2) is 30.3 Å². The average Bonchev–Trinajstić information content (AvgIpc) is 3.02. The van der Waals surface area contributed by atoms with Gasteiger partial charge in [-0.1, -0.05) is 18.2 Å². The lowest BCUT2D eigenvalue weighted by Gasteiger charge is -2.28. The molecule has 1 aromatic carbocycles. The number of ether oxygens (including phenoxy) is 2. The van der Waals surface area contributed by atoms with Crippen LogP contribution in [-0.4, -0.2) is 60.5 Å². The first-order valence-corrected chi connectivity index (χ1v) is 9.58. The normalized spacial score (nSPS) is 11.8. The maximum atomic E-state index is 13.3. The molecule has 1 N–H and O–H groups in total. The highest BCUT2D eigenvalue weighted by atomic mass is 16.5. The summed E-state index contributed by atoms with van der Waals surface area (Å²) in [6.07, 6.45) is 0. The fraction of sp³-hybridized carbons (Fsp3) is 0.409. The van der Waals surface area contributed by atoms with Crippen LogP contribution in [0.5, 0.6) is 0 Å². The number of rotatable bonds is 9. The predicted molar refractivity (Wildman–Crippen MR) is 109 cm³/mol. The summed E-state index contributed by atoms with van der Waals surface area (Å²) >= 11 is 0. The van der Waals surface area contributed by atoms with Crippen molar-refractivity contribution >= 4 is 17.7 Å². The van der Waals surface area contributed by atoms with E-state index in [0.717, 1.165) is 0 Å². The molecule has 0 radical (unpaired) electrons. The van der Waals surface area contributed by atoms with Gasteiger partial charge in [-0.2, -0.15) is 0 Å². The Bertz CT molecular complexity index is 873. The summed E-state index contributed by atoms with van der Waals surface area (Å²) < 4.78 is 10.2. The van der Waals surface area contributed by atoms with E-state index < -0.39 is 12.0 Å². The van der Waals surface area contributed by atoms with Crippen LogP contribution in [-0.2, 0) is 9.47 Å². The molecule has 1 heterocycles. The molecule has 2 aromatic rings. The Hall–Kier alpha value is -2.93. The lowest BCUT2D eigenvalue weighted by atomic mass is 9.99. The molecule has 1 amide bonds. The van der Waals surface area contributed by atoms with Crippen molar-refractivity contribution in [1.82, 2.24) is 9.88 Å². The van der Waals surface area contributed by atoms with Crippen LogP contribution in [0.3, 0.4) is 0 Å². The predicted octanol–water partition coefficient (Wildman–Crippen LogP) is 3.17. The van der Waals surface area contributed by atoms with Gasteiger partial charge in [0, 0.05) is 30.5 Å². The van der Waals surface area contributed by atoms with Gasteiger partial charge >= 0.3 is 5.97 Å². The number of hydrogen-bond acceptors (Lipinski definition) is 5. The molecule has 1 atom stereocenters.